The molecule has 5 heteroatoms. The normalized spacial score (nSPS) is 10.5. The van der Waals surface area contributed by atoms with Crippen LogP contribution < -0.4 is 10.6 Å². The highest BCUT2D eigenvalue weighted by atomic mass is 16.2. The van der Waals surface area contributed by atoms with Crippen LogP contribution in [0.1, 0.15) is 45.7 Å². The van der Waals surface area contributed by atoms with Crippen LogP contribution in [0.3, 0.4) is 0 Å². The van der Waals surface area contributed by atoms with Gasteiger partial charge in [-0.15, -0.1) is 0 Å². The number of hydrogen-bond acceptors (Lipinski definition) is 3. The highest BCUT2D eigenvalue weighted by Crippen LogP contribution is 2.17. The van der Waals surface area contributed by atoms with Crippen molar-refractivity contribution in [1.82, 2.24) is 10.3 Å². The van der Waals surface area contributed by atoms with E-state index in [1.807, 2.05) is 45.9 Å². The second-order valence-corrected chi connectivity index (χ2v) is 5.86. The standard InChI is InChI=1S/C18H21N3O2/c1-11(2)20-17(22)14-8-15(10-19-9-14)18(23)21-16-7-12(3)5-6-13(16)4/h5-11H,1-4H3,(H,20,22)(H,21,23). The average Bonchev–Trinajstić information content (AvgIpc) is 2.50. The lowest BCUT2D eigenvalue weighted by atomic mass is 10.1. The minimum atomic E-state index is -0.287. The maximum Gasteiger partial charge on any atom is 0.257 e. The third-order valence-electron chi connectivity index (χ3n) is 3.32. The summed E-state index contributed by atoms with van der Waals surface area (Å²) < 4.78 is 0. The van der Waals surface area contributed by atoms with E-state index in [1.54, 1.807) is 6.07 Å². The van der Waals surface area contributed by atoms with Gasteiger partial charge in [0.25, 0.3) is 11.8 Å². The molecular weight excluding hydrogens is 290 g/mol. The van der Waals surface area contributed by atoms with E-state index in [0.717, 1.165) is 16.8 Å². The number of pyridine rings is 1. The van der Waals surface area contributed by atoms with Crippen LogP contribution in [0.25, 0.3) is 0 Å². The van der Waals surface area contributed by atoms with Gasteiger partial charge in [-0.3, -0.25) is 14.6 Å². The zero-order valence-corrected chi connectivity index (χ0v) is 13.8. The lowest BCUT2D eigenvalue weighted by Crippen LogP contribution is -2.30. The fraction of sp³-hybridized carbons (Fsp3) is 0.278. The highest BCUT2D eigenvalue weighted by molar-refractivity contribution is 6.06. The zero-order chi connectivity index (χ0) is 17.0. The largest absolute Gasteiger partial charge is 0.350 e. The number of anilines is 1. The Hall–Kier alpha value is -2.69. The molecule has 5 nitrogen and oxygen atoms in total. The Labute approximate surface area is 136 Å². The number of hydrogen-bond donors (Lipinski definition) is 2. The first kappa shape index (κ1) is 16.7. The molecule has 0 aliphatic heterocycles. The SMILES string of the molecule is Cc1ccc(C)c(NC(=O)c2cncc(C(=O)NC(C)C)c2)c1. The van der Waals surface area contributed by atoms with E-state index in [-0.39, 0.29) is 17.9 Å². The van der Waals surface area contributed by atoms with Crippen LogP contribution in [-0.4, -0.2) is 22.8 Å². The highest BCUT2D eigenvalue weighted by Gasteiger charge is 2.13. The number of aromatic nitrogens is 1. The average molecular weight is 311 g/mol. The van der Waals surface area contributed by atoms with Crippen LogP contribution in [0.2, 0.25) is 0 Å². The first-order chi connectivity index (χ1) is 10.9. The van der Waals surface area contributed by atoms with Gasteiger partial charge in [0.15, 0.2) is 0 Å². The van der Waals surface area contributed by atoms with Crippen molar-refractivity contribution in [3.05, 3.63) is 58.9 Å². The molecule has 0 aliphatic carbocycles. The Morgan fingerprint density at radius 3 is 2.30 bits per heavy atom. The van der Waals surface area contributed by atoms with E-state index in [2.05, 4.69) is 15.6 Å². The van der Waals surface area contributed by atoms with E-state index in [9.17, 15) is 9.59 Å². The molecule has 0 spiro atoms. The summed E-state index contributed by atoms with van der Waals surface area (Å²) in [6.07, 6.45) is 2.90. The predicted molar refractivity (Wildman–Crippen MR) is 90.7 cm³/mol. The van der Waals surface area contributed by atoms with Crippen LogP contribution in [0.5, 0.6) is 0 Å². The Balaban J connectivity index is 2.20. The van der Waals surface area contributed by atoms with Crippen molar-refractivity contribution in [3.63, 3.8) is 0 Å². The fourth-order valence-corrected chi connectivity index (χ4v) is 2.10. The van der Waals surface area contributed by atoms with Gasteiger partial charge in [-0.1, -0.05) is 12.1 Å². The lowest BCUT2D eigenvalue weighted by molar-refractivity contribution is 0.0942. The second-order valence-electron chi connectivity index (χ2n) is 5.86. The Morgan fingerprint density at radius 1 is 1.00 bits per heavy atom. The van der Waals surface area contributed by atoms with Gasteiger partial charge in [-0.2, -0.15) is 0 Å². The summed E-state index contributed by atoms with van der Waals surface area (Å²) in [4.78, 5) is 28.4. The lowest BCUT2D eigenvalue weighted by Gasteiger charge is -2.11. The predicted octanol–water partition coefficient (Wildman–Crippen LogP) is 3.09. The molecule has 1 aromatic carbocycles. The molecule has 0 aliphatic rings. The molecule has 0 bridgehead atoms. The van der Waals surface area contributed by atoms with Crippen molar-refractivity contribution in [3.8, 4) is 0 Å². The van der Waals surface area contributed by atoms with E-state index >= 15 is 0 Å². The molecule has 0 atom stereocenters. The Bertz CT molecular complexity index is 739. The van der Waals surface area contributed by atoms with Crippen LogP contribution in [0, 0.1) is 13.8 Å². The Morgan fingerprint density at radius 2 is 1.65 bits per heavy atom. The van der Waals surface area contributed by atoms with Gasteiger partial charge in [0.1, 0.15) is 0 Å². The summed E-state index contributed by atoms with van der Waals surface area (Å²) in [5.41, 5.74) is 3.52. The van der Waals surface area contributed by atoms with Gasteiger partial charge in [0.2, 0.25) is 0 Å². The molecule has 1 heterocycles. The van der Waals surface area contributed by atoms with Gasteiger partial charge < -0.3 is 10.6 Å². The molecule has 1 aromatic heterocycles. The number of benzene rings is 1. The summed E-state index contributed by atoms with van der Waals surface area (Å²) >= 11 is 0. The topological polar surface area (TPSA) is 71.1 Å². The number of nitrogens with zero attached hydrogens (tertiary/aromatic N) is 1. The molecule has 0 fully saturated rings. The maximum atomic E-state index is 12.4. The Kier molecular flexibility index (Phi) is 5.11. The van der Waals surface area contributed by atoms with Crippen molar-refractivity contribution in [1.29, 1.82) is 0 Å². The van der Waals surface area contributed by atoms with Gasteiger partial charge in [-0.25, -0.2) is 0 Å². The maximum absolute atomic E-state index is 12.4. The smallest absolute Gasteiger partial charge is 0.257 e. The van der Waals surface area contributed by atoms with Crippen molar-refractivity contribution in [2.24, 2.45) is 0 Å². The van der Waals surface area contributed by atoms with Crippen molar-refractivity contribution in [2.45, 2.75) is 33.7 Å². The van der Waals surface area contributed by atoms with Crippen LogP contribution in [-0.2, 0) is 0 Å². The first-order valence-electron chi connectivity index (χ1n) is 7.51. The van der Waals surface area contributed by atoms with Gasteiger partial charge >= 0.3 is 0 Å². The first-order valence-corrected chi connectivity index (χ1v) is 7.51. The molecule has 2 N–H and O–H groups in total. The van der Waals surface area contributed by atoms with Gasteiger partial charge in [0, 0.05) is 24.1 Å². The van der Waals surface area contributed by atoms with E-state index in [1.165, 1.54) is 12.4 Å². The summed E-state index contributed by atoms with van der Waals surface area (Å²) in [5, 5.41) is 5.64. The minimum Gasteiger partial charge on any atom is -0.350 e. The number of carbonyl (C=O) groups excluding carboxylic acids is 2. The second kappa shape index (κ2) is 7.05. The molecule has 0 saturated carbocycles. The van der Waals surface area contributed by atoms with Crippen molar-refractivity contribution in [2.75, 3.05) is 5.32 Å². The molecule has 0 saturated heterocycles. The summed E-state index contributed by atoms with van der Waals surface area (Å²) in [7, 11) is 0. The van der Waals surface area contributed by atoms with E-state index in [4.69, 9.17) is 0 Å². The van der Waals surface area contributed by atoms with Crippen LogP contribution >= 0.6 is 0 Å². The number of amides is 2. The van der Waals surface area contributed by atoms with Crippen LogP contribution in [0.4, 0.5) is 5.69 Å². The number of rotatable bonds is 4. The molecule has 120 valence electrons. The fourth-order valence-electron chi connectivity index (χ4n) is 2.10. The number of carbonyl (C=O) groups is 2. The summed E-state index contributed by atoms with van der Waals surface area (Å²) in [6.45, 7) is 7.65. The summed E-state index contributed by atoms with van der Waals surface area (Å²) in [5.74, 6) is -0.528. The molecule has 0 unspecified atom stereocenters. The molecule has 23 heavy (non-hydrogen) atoms. The molecule has 2 aromatic rings. The third kappa shape index (κ3) is 4.39. The monoisotopic (exact) mass is 311 g/mol. The molecular formula is C18H21N3O2. The van der Waals surface area contributed by atoms with Gasteiger partial charge in [-0.05, 0) is 51.0 Å². The van der Waals surface area contributed by atoms with Crippen LogP contribution in [0.15, 0.2) is 36.7 Å². The van der Waals surface area contributed by atoms with Gasteiger partial charge in [0.05, 0.1) is 11.1 Å². The number of aryl methyl sites for hydroxylation is 2. The van der Waals surface area contributed by atoms with E-state index in [0.29, 0.717) is 11.1 Å². The quantitative estimate of drug-likeness (QED) is 0.911. The minimum absolute atomic E-state index is 0.0231. The van der Waals surface area contributed by atoms with Crippen molar-refractivity contribution >= 4 is 17.5 Å². The molecule has 2 rings (SSSR count). The van der Waals surface area contributed by atoms with Crippen molar-refractivity contribution < 1.29 is 9.59 Å². The molecule has 2 amide bonds. The zero-order valence-electron chi connectivity index (χ0n) is 13.8. The number of nitrogens with one attached hydrogen (secondary N) is 2. The summed E-state index contributed by atoms with van der Waals surface area (Å²) in [6, 6.07) is 7.43. The molecule has 0 radical (unpaired) electrons. The third-order valence-corrected chi connectivity index (χ3v) is 3.32. The van der Waals surface area contributed by atoms with E-state index < -0.39 is 0 Å².